The molecular formula is C12H8Cl3FN2. The number of hydrogen-bond acceptors (Lipinski definition) is 2. The zero-order valence-electron chi connectivity index (χ0n) is 8.98. The van der Waals surface area contributed by atoms with E-state index >= 15 is 0 Å². The Balaban J connectivity index is 2.37. The molecule has 0 spiro atoms. The number of nitrogens with two attached hydrogens (primary N) is 1. The Kier molecular flexibility index (Phi) is 3.85. The molecule has 0 aromatic heterocycles. The Morgan fingerprint density at radius 1 is 0.944 bits per heavy atom. The molecule has 0 atom stereocenters. The van der Waals surface area contributed by atoms with Crippen LogP contribution in [0, 0.1) is 5.82 Å². The highest BCUT2D eigenvalue weighted by Crippen LogP contribution is 2.32. The summed E-state index contributed by atoms with van der Waals surface area (Å²) in [7, 11) is 0. The summed E-state index contributed by atoms with van der Waals surface area (Å²) in [6, 6.07) is 7.47. The van der Waals surface area contributed by atoms with Crippen molar-refractivity contribution < 1.29 is 4.39 Å². The first kappa shape index (κ1) is 13.3. The fourth-order valence-corrected chi connectivity index (χ4v) is 2.03. The molecule has 0 aliphatic rings. The maximum absolute atomic E-state index is 13.3. The predicted molar refractivity (Wildman–Crippen MR) is 75.6 cm³/mol. The van der Waals surface area contributed by atoms with Crippen LogP contribution in [-0.4, -0.2) is 0 Å². The summed E-state index contributed by atoms with van der Waals surface area (Å²) in [6.07, 6.45) is 0. The summed E-state index contributed by atoms with van der Waals surface area (Å²) in [5, 5.41) is 3.82. The number of nitrogens with one attached hydrogen (secondary N) is 1. The number of benzene rings is 2. The highest BCUT2D eigenvalue weighted by Gasteiger charge is 2.08. The Morgan fingerprint density at radius 3 is 2.33 bits per heavy atom. The molecule has 0 saturated carbocycles. The molecule has 0 radical (unpaired) electrons. The molecule has 94 valence electrons. The van der Waals surface area contributed by atoms with Gasteiger partial charge in [-0.2, -0.15) is 0 Å². The van der Waals surface area contributed by atoms with Crippen LogP contribution in [0.25, 0.3) is 0 Å². The van der Waals surface area contributed by atoms with Crippen LogP contribution in [0.2, 0.25) is 15.1 Å². The van der Waals surface area contributed by atoms with E-state index in [1.165, 1.54) is 12.1 Å². The third kappa shape index (κ3) is 2.80. The molecule has 2 aromatic carbocycles. The third-order valence-corrected chi connectivity index (χ3v) is 3.13. The van der Waals surface area contributed by atoms with Gasteiger partial charge in [0.25, 0.3) is 0 Å². The van der Waals surface area contributed by atoms with Crippen molar-refractivity contribution >= 4 is 51.9 Å². The Morgan fingerprint density at radius 2 is 1.67 bits per heavy atom. The molecule has 0 bridgehead atoms. The number of halogens is 4. The van der Waals surface area contributed by atoms with Gasteiger partial charge in [-0.15, -0.1) is 0 Å². The van der Waals surface area contributed by atoms with Crippen LogP contribution < -0.4 is 11.1 Å². The lowest BCUT2D eigenvalue weighted by molar-refractivity contribution is 0.629. The Labute approximate surface area is 118 Å². The average molecular weight is 306 g/mol. The highest BCUT2D eigenvalue weighted by molar-refractivity contribution is 6.36. The van der Waals surface area contributed by atoms with Gasteiger partial charge in [0.05, 0.1) is 27.1 Å². The largest absolute Gasteiger partial charge is 0.397 e. The van der Waals surface area contributed by atoms with Crippen LogP contribution in [0.5, 0.6) is 0 Å². The summed E-state index contributed by atoms with van der Waals surface area (Å²) in [5.74, 6) is -0.557. The van der Waals surface area contributed by atoms with Crippen molar-refractivity contribution in [3.8, 4) is 0 Å². The molecule has 6 heteroatoms. The molecule has 2 aromatic rings. The average Bonchev–Trinajstić information content (AvgIpc) is 2.29. The summed E-state index contributed by atoms with van der Waals surface area (Å²) >= 11 is 17.4. The number of nitrogen functional groups attached to an aromatic ring is 1. The monoisotopic (exact) mass is 304 g/mol. The molecule has 0 saturated heterocycles. The van der Waals surface area contributed by atoms with Gasteiger partial charge in [0.1, 0.15) is 5.82 Å². The van der Waals surface area contributed by atoms with Crippen LogP contribution in [0.4, 0.5) is 21.5 Å². The van der Waals surface area contributed by atoms with Gasteiger partial charge in [-0.3, -0.25) is 0 Å². The first-order valence-electron chi connectivity index (χ1n) is 4.94. The quantitative estimate of drug-likeness (QED) is 0.756. The van der Waals surface area contributed by atoms with E-state index in [9.17, 15) is 4.39 Å². The number of anilines is 3. The third-order valence-electron chi connectivity index (χ3n) is 2.29. The second-order valence-electron chi connectivity index (χ2n) is 3.60. The topological polar surface area (TPSA) is 38.0 Å². The van der Waals surface area contributed by atoms with Crippen molar-refractivity contribution in [2.45, 2.75) is 0 Å². The zero-order valence-corrected chi connectivity index (χ0v) is 11.2. The number of rotatable bonds is 2. The van der Waals surface area contributed by atoms with Gasteiger partial charge in [0.2, 0.25) is 0 Å². The van der Waals surface area contributed by atoms with E-state index in [1.54, 1.807) is 18.2 Å². The van der Waals surface area contributed by atoms with Crippen molar-refractivity contribution in [1.29, 1.82) is 0 Å². The molecular weight excluding hydrogens is 298 g/mol. The van der Waals surface area contributed by atoms with E-state index in [4.69, 9.17) is 40.5 Å². The van der Waals surface area contributed by atoms with E-state index in [0.29, 0.717) is 27.1 Å². The first-order chi connectivity index (χ1) is 8.47. The molecule has 0 fully saturated rings. The smallest absolute Gasteiger partial charge is 0.144 e. The molecule has 2 nitrogen and oxygen atoms in total. The molecule has 0 unspecified atom stereocenters. The van der Waals surface area contributed by atoms with Crippen molar-refractivity contribution in [3.05, 3.63) is 51.2 Å². The minimum atomic E-state index is -0.557. The molecule has 0 aliphatic carbocycles. The minimum absolute atomic E-state index is 0.0275. The molecule has 0 amide bonds. The lowest BCUT2D eigenvalue weighted by Gasteiger charge is -2.11. The van der Waals surface area contributed by atoms with Gasteiger partial charge < -0.3 is 11.1 Å². The van der Waals surface area contributed by atoms with Crippen LogP contribution in [0.3, 0.4) is 0 Å². The van der Waals surface area contributed by atoms with Crippen molar-refractivity contribution in [2.24, 2.45) is 0 Å². The first-order valence-corrected chi connectivity index (χ1v) is 6.07. The molecule has 18 heavy (non-hydrogen) atoms. The van der Waals surface area contributed by atoms with Gasteiger partial charge >= 0.3 is 0 Å². The lowest BCUT2D eigenvalue weighted by Crippen LogP contribution is -1.98. The number of hydrogen-bond donors (Lipinski definition) is 2. The van der Waals surface area contributed by atoms with Crippen molar-refractivity contribution in [3.63, 3.8) is 0 Å². The summed E-state index contributed by atoms with van der Waals surface area (Å²) in [6.45, 7) is 0. The minimum Gasteiger partial charge on any atom is -0.397 e. The molecule has 2 rings (SSSR count). The van der Waals surface area contributed by atoms with Gasteiger partial charge in [-0.25, -0.2) is 4.39 Å². The van der Waals surface area contributed by atoms with Gasteiger partial charge in [-0.05, 0) is 24.3 Å². The van der Waals surface area contributed by atoms with Crippen molar-refractivity contribution in [1.82, 2.24) is 0 Å². The van der Waals surface area contributed by atoms with E-state index in [2.05, 4.69) is 5.32 Å². The van der Waals surface area contributed by atoms with Crippen LogP contribution in [0.1, 0.15) is 0 Å². The van der Waals surface area contributed by atoms with E-state index < -0.39 is 5.82 Å². The predicted octanol–water partition coefficient (Wildman–Crippen LogP) is 5.11. The Hall–Kier alpha value is -1.16. The molecule has 0 aliphatic heterocycles. The normalized spacial score (nSPS) is 10.4. The van der Waals surface area contributed by atoms with Crippen LogP contribution in [0.15, 0.2) is 30.3 Å². The van der Waals surface area contributed by atoms with Crippen LogP contribution in [-0.2, 0) is 0 Å². The van der Waals surface area contributed by atoms with Gasteiger partial charge in [-0.1, -0.05) is 34.8 Å². The fourth-order valence-electron chi connectivity index (χ4n) is 1.41. The van der Waals surface area contributed by atoms with Gasteiger partial charge in [0, 0.05) is 11.1 Å². The van der Waals surface area contributed by atoms with Gasteiger partial charge in [0.15, 0.2) is 0 Å². The summed E-state index contributed by atoms with van der Waals surface area (Å²) < 4.78 is 13.3. The van der Waals surface area contributed by atoms with Crippen LogP contribution >= 0.6 is 34.8 Å². The maximum Gasteiger partial charge on any atom is 0.144 e. The second-order valence-corrected chi connectivity index (χ2v) is 4.85. The summed E-state index contributed by atoms with van der Waals surface area (Å²) in [4.78, 5) is 0. The Bertz CT molecular complexity index is 602. The lowest BCUT2D eigenvalue weighted by atomic mass is 10.2. The van der Waals surface area contributed by atoms with E-state index in [0.717, 1.165) is 0 Å². The summed E-state index contributed by atoms with van der Waals surface area (Å²) in [5.41, 5.74) is 7.03. The van der Waals surface area contributed by atoms with E-state index in [1.807, 2.05) is 0 Å². The van der Waals surface area contributed by atoms with E-state index in [-0.39, 0.29) is 5.02 Å². The van der Waals surface area contributed by atoms with Crippen molar-refractivity contribution in [2.75, 3.05) is 11.1 Å². The molecule has 0 heterocycles. The fraction of sp³-hybridized carbons (Fsp3) is 0. The zero-order chi connectivity index (χ0) is 13.3. The standard InChI is InChI=1S/C12H8Cl3FN2/c13-6-1-2-11(8(15)3-6)18-12-5-9(16)7(14)4-10(12)17/h1-5,18H,17H2. The second kappa shape index (κ2) is 5.22. The maximum atomic E-state index is 13.3. The highest BCUT2D eigenvalue weighted by atomic mass is 35.5. The SMILES string of the molecule is Nc1cc(Cl)c(F)cc1Nc1ccc(Cl)cc1Cl. The molecule has 3 N–H and O–H groups in total.